The molecular formula is C16H12F3N3O4S. The Morgan fingerprint density at radius 2 is 1.70 bits per heavy atom. The normalized spacial score (nSPS) is 12.1. The molecule has 0 saturated carbocycles. The highest BCUT2D eigenvalue weighted by molar-refractivity contribution is 7.89. The number of nitrogens with one attached hydrogen (secondary N) is 1. The molecule has 0 amide bonds. The Morgan fingerprint density at radius 1 is 1.04 bits per heavy atom. The van der Waals surface area contributed by atoms with Crippen molar-refractivity contribution < 1.29 is 30.8 Å². The number of sulfonamides is 1. The van der Waals surface area contributed by atoms with E-state index in [9.17, 15) is 21.6 Å². The summed E-state index contributed by atoms with van der Waals surface area (Å²) in [7, 11) is -3.74. The molecule has 0 unspecified atom stereocenters. The Kier molecular flexibility index (Phi) is 5.15. The van der Waals surface area contributed by atoms with E-state index >= 15 is 0 Å². The second-order valence-corrected chi connectivity index (χ2v) is 6.99. The number of alkyl halides is 3. The van der Waals surface area contributed by atoms with Crippen LogP contribution in [-0.4, -0.2) is 24.9 Å². The monoisotopic (exact) mass is 399 g/mol. The molecule has 0 aliphatic rings. The zero-order valence-corrected chi connectivity index (χ0v) is 14.3. The van der Waals surface area contributed by atoms with Gasteiger partial charge in [-0.1, -0.05) is 23.4 Å². The summed E-state index contributed by atoms with van der Waals surface area (Å²) in [6.07, 6.45) is -4.78. The Bertz CT molecular complexity index is 1000. The molecule has 1 aromatic heterocycles. The van der Waals surface area contributed by atoms with Gasteiger partial charge in [-0.3, -0.25) is 0 Å². The molecule has 7 nitrogen and oxygen atoms in total. The van der Waals surface area contributed by atoms with Crippen LogP contribution in [0, 0.1) is 0 Å². The van der Waals surface area contributed by atoms with Gasteiger partial charge in [0.25, 0.3) is 0 Å². The van der Waals surface area contributed by atoms with Crippen molar-refractivity contribution in [2.45, 2.75) is 17.8 Å². The van der Waals surface area contributed by atoms with Gasteiger partial charge in [-0.15, -0.1) is 13.2 Å². The molecule has 0 radical (unpaired) electrons. The number of hydrogen-bond donors (Lipinski definition) is 1. The number of hydrogen-bond acceptors (Lipinski definition) is 6. The van der Waals surface area contributed by atoms with E-state index in [1.807, 2.05) is 0 Å². The first kappa shape index (κ1) is 18.9. The van der Waals surface area contributed by atoms with Crippen LogP contribution in [0.4, 0.5) is 13.2 Å². The van der Waals surface area contributed by atoms with Crippen LogP contribution >= 0.6 is 0 Å². The molecule has 0 atom stereocenters. The number of nitrogens with zero attached hydrogens (tertiary/aromatic N) is 2. The fourth-order valence-electron chi connectivity index (χ4n) is 2.09. The van der Waals surface area contributed by atoms with Crippen molar-refractivity contribution in [1.29, 1.82) is 0 Å². The number of aromatic nitrogens is 2. The van der Waals surface area contributed by atoms with Crippen molar-refractivity contribution in [3.05, 3.63) is 60.5 Å². The zero-order valence-electron chi connectivity index (χ0n) is 13.5. The van der Waals surface area contributed by atoms with E-state index in [1.165, 1.54) is 24.3 Å². The molecule has 0 saturated heterocycles. The van der Waals surface area contributed by atoms with Gasteiger partial charge in [0.2, 0.25) is 21.7 Å². The first-order valence-electron chi connectivity index (χ1n) is 7.46. The summed E-state index contributed by atoms with van der Waals surface area (Å²) in [5, 5.41) is 3.68. The van der Waals surface area contributed by atoms with Gasteiger partial charge in [0, 0.05) is 5.56 Å². The summed E-state index contributed by atoms with van der Waals surface area (Å²) in [4.78, 5) is 4.10. The molecule has 1 heterocycles. The molecule has 11 heteroatoms. The lowest BCUT2D eigenvalue weighted by molar-refractivity contribution is -0.274. The molecule has 0 spiro atoms. The second kappa shape index (κ2) is 7.37. The summed E-state index contributed by atoms with van der Waals surface area (Å²) in [5.74, 6) is -0.284. The van der Waals surface area contributed by atoms with E-state index in [2.05, 4.69) is 19.6 Å². The van der Waals surface area contributed by atoms with Crippen LogP contribution in [0.5, 0.6) is 5.75 Å². The standard InChI is InChI=1S/C16H12F3N3O4S/c17-16(18,19)25-12-8-6-11(7-9-12)15-21-14(26-22-15)10-20-27(23,24)13-4-2-1-3-5-13/h1-9,20H,10H2. The van der Waals surface area contributed by atoms with Crippen molar-refractivity contribution >= 4 is 10.0 Å². The molecule has 0 aliphatic carbocycles. The van der Waals surface area contributed by atoms with Gasteiger partial charge in [0.05, 0.1) is 11.4 Å². The number of rotatable bonds is 6. The number of benzene rings is 2. The Labute approximate surface area is 151 Å². The average Bonchev–Trinajstić information content (AvgIpc) is 3.09. The van der Waals surface area contributed by atoms with Gasteiger partial charge in [0.1, 0.15) is 5.75 Å². The summed E-state index contributed by atoms with van der Waals surface area (Å²) in [5.41, 5.74) is 0.380. The van der Waals surface area contributed by atoms with Crippen molar-refractivity contribution in [3.63, 3.8) is 0 Å². The van der Waals surface area contributed by atoms with E-state index in [1.54, 1.807) is 18.2 Å². The van der Waals surface area contributed by atoms with Gasteiger partial charge in [0.15, 0.2) is 0 Å². The first-order chi connectivity index (χ1) is 12.7. The minimum atomic E-state index is -4.78. The van der Waals surface area contributed by atoms with E-state index in [-0.39, 0.29) is 28.9 Å². The van der Waals surface area contributed by atoms with Gasteiger partial charge in [-0.25, -0.2) is 13.1 Å². The van der Waals surface area contributed by atoms with Crippen LogP contribution < -0.4 is 9.46 Å². The lowest BCUT2D eigenvalue weighted by atomic mass is 10.2. The van der Waals surface area contributed by atoms with Crippen LogP contribution in [-0.2, 0) is 16.6 Å². The van der Waals surface area contributed by atoms with E-state index in [0.717, 1.165) is 12.1 Å². The van der Waals surface area contributed by atoms with Crippen LogP contribution in [0.15, 0.2) is 64.0 Å². The first-order valence-corrected chi connectivity index (χ1v) is 8.95. The maximum absolute atomic E-state index is 12.2. The highest BCUT2D eigenvalue weighted by atomic mass is 32.2. The largest absolute Gasteiger partial charge is 0.573 e. The fraction of sp³-hybridized carbons (Fsp3) is 0.125. The Balaban J connectivity index is 1.66. The van der Waals surface area contributed by atoms with Gasteiger partial charge < -0.3 is 9.26 Å². The smallest absolute Gasteiger partial charge is 0.406 e. The molecule has 0 aliphatic heterocycles. The van der Waals surface area contributed by atoms with Crippen LogP contribution in [0.1, 0.15) is 5.89 Å². The third-order valence-corrected chi connectivity index (χ3v) is 4.70. The average molecular weight is 399 g/mol. The van der Waals surface area contributed by atoms with E-state index in [4.69, 9.17) is 4.52 Å². The summed E-state index contributed by atoms with van der Waals surface area (Å²) >= 11 is 0. The molecule has 0 bridgehead atoms. The number of ether oxygens (including phenoxy) is 1. The highest BCUT2D eigenvalue weighted by Gasteiger charge is 2.31. The highest BCUT2D eigenvalue weighted by Crippen LogP contribution is 2.25. The predicted molar refractivity (Wildman–Crippen MR) is 86.9 cm³/mol. The molecule has 2 aromatic carbocycles. The topological polar surface area (TPSA) is 94.3 Å². The quantitative estimate of drug-likeness (QED) is 0.685. The van der Waals surface area contributed by atoms with Crippen molar-refractivity contribution in [1.82, 2.24) is 14.9 Å². The summed E-state index contributed by atoms with van der Waals surface area (Å²) in [6, 6.07) is 12.6. The second-order valence-electron chi connectivity index (χ2n) is 5.22. The molecule has 1 N–H and O–H groups in total. The minimum absolute atomic E-state index is 0.000115. The molecule has 3 aromatic rings. The lowest BCUT2D eigenvalue weighted by Gasteiger charge is -2.08. The van der Waals surface area contributed by atoms with Crippen molar-refractivity contribution in [2.75, 3.05) is 0 Å². The van der Waals surface area contributed by atoms with E-state index in [0.29, 0.717) is 5.56 Å². The molecule has 27 heavy (non-hydrogen) atoms. The maximum Gasteiger partial charge on any atom is 0.573 e. The Morgan fingerprint density at radius 3 is 2.33 bits per heavy atom. The lowest BCUT2D eigenvalue weighted by Crippen LogP contribution is -2.23. The fourth-order valence-corrected chi connectivity index (χ4v) is 3.08. The van der Waals surface area contributed by atoms with Crippen LogP contribution in [0.25, 0.3) is 11.4 Å². The predicted octanol–water partition coefficient (Wildman–Crippen LogP) is 3.11. The third kappa shape index (κ3) is 5.05. The molecular weight excluding hydrogens is 387 g/mol. The molecule has 3 rings (SSSR count). The van der Waals surface area contributed by atoms with Crippen LogP contribution in [0.2, 0.25) is 0 Å². The summed E-state index contributed by atoms with van der Waals surface area (Å²) < 4.78 is 71.8. The maximum atomic E-state index is 12.2. The van der Waals surface area contributed by atoms with Gasteiger partial charge >= 0.3 is 6.36 Å². The van der Waals surface area contributed by atoms with Crippen molar-refractivity contribution in [3.8, 4) is 17.1 Å². The molecule has 142 valence electrons. The summed E-state index contributed by atoms with van der Waals surface area (Å²) in [6.45, 7) is -0.237. The van der Waals surface area contributed by atoms with Gasteiger partial charge in [-0.2, -0.15) is 4.98 Å². The SMILES string of the molecule is O=S(=O)(NCc1nc(-c2ccc(OC(F)(F)F)cc2)no1)c1ccccc1. The zero-order chi connectivity index (χ0) is 19.5. The molecule has 0 fully saturated rings. The number of halogens is 3. The van der Waals surface area contributed by atoms with Crippen LogP contribution in [0.3, 0.4) is 0 Å². The Hall–Kier alpha value is -2.92. The van der Waals surface area contributed by atoms with Gasteiger partial charge in [-0.05, 0) is 36.4 Å². The minimum Gasteiger partial charge on any atom is -0.406 e. The van der Waals surface area contributed by atoms with E-state index < -0.39 is 16.4 Å². The van der Waals surface area contributed by atoms with Crippen molar-refractivity contribution in [2.24, 2.45) is 0 Å². The third-order valence-electron chi connectivity index (χ3n) is 3.28.